The summed E-state index contributed by atoms with van der Waals surface area (Å²) in [5.41, 5.74) is -1.18. The van der Waals surface area contributed by atoms with E-state index < -0.39 is 61.5 Å². The van der Waals surface area contributed by atoms with Crippen LogP contribution in [0.5, 0.6) is 0 Å². The van der Waals surface area contributed by atoms with Crippen LogP contribution < -0.4 is 5.32 Å². The maximum Gasteiger partial charge on any atom is 0.705 e. The molecule has 0 heterocycles. The van der Waals surface area contributed by atoms with Gasteiger partial charge >= 0.3 is 8.80 Å². The summed E-state index contributed by atoms with van der Waals surface area (Å²) < 4.78 is 82.7. The van der Waals surface area contributed by atoms with Crippen molar-refractivity contribution in [2.24, 2.45) is 0 Å². The van der Waals surface area contributed by atoms with E-state index in [1.165, 1.54) is 20.8 Å². The Balaban J connectivity index is 2.91. The highest BCUT2D eigenvalue weighted by Crippen LogP contribution is 2.27. The second-order valence-electron chi connectivity index (χ2n) is 6.49. The van der Waals surface area contributed by atoms with Gasteiger partial charge in [0, 0.05) is 25.8 Å². The number of hydrogen-bond donors (Lipinski definition) is 1. The molecular weight excluding hydrogens is 461 g/mol. The van der Waals surface area contributed by atoms with Crippen LogP contribution >= 0.6 is 0 Å². The highest BCUT2D eigenvalue weighted by atomic mass is 28.4. The fourth-order valence-corrected chi connectivity index (χ4v) is 4.98. The van der Waals surface area contributed by atoms with Gasteiger partial charge in [-0.1, -0.05) is 20.8 Å². The van der Waals surface area contributed by atoms with E-state index in [4.69, 9.17) is 13.3 Å². The number of anilines is 1. The minimum Gasteiger partial charge on any atom is -0.455 e. The van der Waals surface area contributed by atoms with Gasteiger partial charge in [0.15, 0.2) is 23.3 Å². The average Bonchev–Trinajstić information content (AvgIpc) is 2.77. The summed E-state index contributed by atoms with van der Waals surface area (Å²) in [6.45, 7) is 4.21. The van der Waals surface area contributed by atoms with E-state index in [9.17, 15) is 36.3 Å². The Morgan fingerprint density at radius 3 is 1.44 bits per heavy atom. The van der Waals surface area contributed by atoms with Crippen LogP contribution in [0.4, 0.5) is 27.6 Å². The van der Waals surface area contributed by atoms with Crippen molar-refractivity contribution in [3.8, 4) is 0 Å². The Morgan fingerprint density at radius 2 is 1.06 bits per heavy atom. The van der Waals surface area contributed by atoms with Crippen molar-refractivity contribution < 1.29 is 49.6 Å². The van der Waals surface area contributed by atoms with Crippen LogP contribution in [0.25, 0.3) is 0 Å². The number of unbranched alkanes of at least 4 members (excludes halogenated alkanes) is 1. The van der Waals surface area contributed by atoms with Crippen molar-refractivity contribution in [2.45, 2.75) is 58.9 Å². The van der Waals surface area contributed by atoms with Gasteiger partial charge in [-0.2, -0.15) is 0 Å². The number of nitrogens with one attached hydrogen (secondary N) is 1. The Bertz CT molecular complexity index is 779. The van der Waals surface area contributed by atoms with Crippen LogP contribution in [0.1, 0.15) is 52.9 Å². The van der Waals surface area contributed by atoms with Gasteiger partial charge in [0.25, 0.3) is 17.9 Å². The first-order valence-corrected chi connectivity index (χ1v) is 11.9. The summed E-state index contributed by atoms with van der Waals surface area (Å²) in [6.07, 6.45) is -0.109. The highest BCUT2D eigenvalue weighted by molar-refractivity contribution is 6.65. The molecule has 0 saturated heterocycles. The van der Waals surface area contributed by atoms with E-state index in [0.717, 1.165) is 0 Å². The lowest BCUT2D eigenvalue weighted by Gasteiger charge is -2.27. The number of carbonyl (C=O) groups excluding carboxylic acids is 3. The van der Waals surface area contributed by atoms with Crippen molar-refractivity contribution in [1.29, 1.82) is 0 Å². The maximum atomic E-state index is 13.7. The Hall–Kier alpha value is -2.70. The first-order valence-electron chi connectivity index (χ1n) is 9.92. The highest BCUT2D eigenvalue weighted by Gasteiger charge is 2.52. The minimum atomic E-state index is -4.12. The third kappa shape index (κ3) is 7.17. The van der Waals surface area contributed by atoms with Crippen LogP contribution in [-0.4, -0.2) is 33.3 Å². The molecule has 13 heteroatoms. The third-order valence-corrected chi connectivity index (χ3v) is 6.68. The summed E-state index contributed by atoms with van der Waals surface area (Å²) in [7, 11) is -4.12. The molecule has 0 spiro atoms. The summed E-state index contributed by atoms with van der Waals surface area (Å²) in [5, 5.41) is 2.13. The molecule has 180 valence electrons. The molecule has 1 rings (SSSR count). The Labute approximate surface area is 182 Å². The van der Waals surface area contributed by atoms with E-state index in [0.29, 0.717) is 0 Å². The van der Waals surface area contributed by atoms with Crippen LogP contribution in [0.15, 0.2) is 0 Å². The van der Waals surface area contributed by atoms with Crippen LogP contribution in [0.3, 0.4) is 0 Å². The molecule has 0 bridgehead atoms. The zero-order valence-electron chi connectivity index (χ0n) is 17.8. The smallest absolute Gasteiger partial charge is 0.455 e. The van der Waals surface area contributed by atoms with Gasteiger partial charge in [0.05, 0.1) is 6.04 Å². The van der Waals surface area contributed by atoms with Gasteiger partial charge in [-0.3, -0.25) is 14.4 Å². The zero-order chi connectivity index (χ0) is 24.5. The molecule has 0 fully saturated rings. The molecule has 0 aliphatic rings. The molecule has 0 aromatic heterocycles. The molecule has 1 aromatic rings. The van der Waals surface area contributed by atoms with Crippen LogP contribution in [-0.2, 0) is 27.7 Å². The largest absolute Gasteiger partial charge is 0.705 e. The van der Waals surface area contributed by atoms with Crippen LogP contribution in [0, 0.1) is 29.1 Å². The first-order chi connectivity index (χ1) is 15.0. The van der Waals surface area contributed by atoms with Crippen molar-refractivity contribution in [3.05, 3.63) is 29.1 Å². The number of hydrogen-bond acceptors (Lipinski definition) is 7. The fourth-order valence-electron chi connectivity index (χ4n) is 2.39. The standard InChI is InChI=1S/C19H24F5NO6Si/c1-4-11(26)29-32(30-12(27)5-2,31-13(28)6-3)10-8-7-9-25-19-17(23)15(21)14(20)16(22)18(19)24/h25H,4-10H2,1-3H3. The SMILES string of the molecule is CCC(=O)O[Si](CCCCNc1c(F)c(F)c(F)c(F)c1F)(OC(=O)CC)OC(=O)CC. The van der Waals surface area contributed by atoms with Gasteiger partial charge in [-0.05, 0) is 12.8 Å². The number of rotatable bonds is 12. The molecule has 0 aliphatic carbocycles. The molecule has 1 aromatic carbocycles. The van der Waals surface area contributed by atoms with Gasteiger partial charge < -0.3 is 18.6 Å². The molecule has 0 unspecified atom stereocenters. The predicted molar refractivity (Wildman–Crippen MR) is 104 cm³/mol. The lowest BCUT2D eigenvalue weighted by atomic mass is 10.2. The molecule has 0 aliphatic heterocycles. The number of carbonyl (C=O) groups is 3. The molecule has 0 saturated carbocycles. The summed E-state index contributed by atoms with van der Waals surface area (Å²) in [6, 6.07) is -0.186. The predicted octanol–water partition coefficient (Wildman–Crippen LogP) is 4.37. The molecule has 32 heavy (non-hydrogen) atoms. The quantitative estimate of drug-likeness (QED) is 0.155. The molecule has 7 nitrogen and oxygen atoms in total. The monoisotopic (exact) mass is 485 g/mol. The first kappa shape index (κ1) is 27.3. The molecule has 0 amide bonds. The fraction of sp³-hybridized carbons (Fsp3) is 0.526. The Morgan fingerprint density at radius 1 is 0.688 bits per heavy atom. The van der Waals surface area contributed by atoms with Crippen molar-refractivity contribution >= 4 is 32.4 Å². The molecule has 0 atom stereocenters. The zero-order valence-corrected chi connectivity index (χ0v) is 18.8. The maximum absolute atomic E-state index is 13.7. The normalized spacial score (nSPS) is 11.1. The lowest BCUT2D eigenvalue weighted by molar-refractivity contribution is -0.150. The van der Waals surface area contributed by atoms with E-state index in [1.54, 1.807) is 0 Å². The second kappa shape index (κ2) is 12.4. The van der Waals surface area contributed by atoms with Gasteiger partial charge in [-0.25, -0.2) is 22.0 Å². The molecule has 0 radical (unpaired) electrons. The second-order valence-corrected chi connectivity index (χ2v) is 8.97. The van der Waals surface area contributed by atoms with E-state index in [2.05, 4.69) is 5.32 Å². The number of benzene rings is 1. The van der Waals surface area contributed by atoms with E-state index in [1.807, 2.05) is 0 Å². The van der Waals surface area contributed by atoms with Crippen LogP contribution in [0.2, 0.25) is 6.04 Å². The van der Waals surface area contributed by atoms with Gasteiger partial charge in [0.2, 0.25) is 5.82 Å². The van der Waals surface area contributed by atoms with Crippen molar-refractivity contribution in [2.75, 3.05) is 11.9 Å². The topological polar surface area (TPSA) is 90.9 Å². The summed E-state index contributed by atoms with van der Waals surface area (Å²) in [4.78, 5) is 35.5. The van der Waals surface area contributed by atoms with Gasteiger partial charge in [-0.15, -0.1) is 0 Å². The van der Waals surface area contributed by atoms with Gasteiger partial charge in [0.1, 0.15) is 5.69 Å². The summed E-state index contributed by atoms with van der Waals surface area (Å²) >= 11 is 0. The van der Waals surface area contributed by atoms with E-state index in [-0.39, 0.29) is 44.7 Å². The van der Waals surface area contributed by atoms with E-state index >= 15 is 0 Å². The Kier molecular flexibility index (Phi) is 10.6. The number of halogens is 5. The molecular formula is C19H24F5NO6Si. The van der Waals surface area contributed by atoms with Crippen molar-refractivity contribution in [1.82, 2.24) is 0 Å². The minimum absolute atomic E-state index is 0.0608. The lowest BCUT2D eigenvalue weighted by Crippen LogP contribution is -2.50. The average molecular weight is 485 g/mol. The molecule has 1 N–H and O–H groups in total. The third-order valence-electron chi connectivity index (χ3n) is 4.10. The van der Waals surface area contributed by atoms with Crippen molar-refractivity contribution in [3.63, 3.8) is 0 Å². The summed E-state index contributed by atoms with van der Waals surface area (Å²) in [5.74, 6) is -12.7.